The SMILES string of the molecule is CCc1cccc(CC)c1-c1cc(C)c2c(n1)CCN(c1cc(OC)ccc1C)C2. The number of rotatable bonds is 5. The minimum Gasteiger partial charge on any atom is -0.497 e. The molecule has 0 saturated heterocycles. The first-order valence-electron chi connectivity index (χ1n) is 11.1. The molecule has 1 aliphatic rings. The molecule has 156 valence electrons. The van der Waals surface area contributed by atoms with Gasteiger partial charge in [0.05, 0.1) is 12.8 Å². The zero-order chi connectivity index (χ0) is 21.3. The Kier molecular flexibility index (Phi) is 5.80. The van der Waals surface area contributed by atoms with Gasteiger partial charge in [-0.1, -0.05) is 38.1 Å². The number of aromatic nitrogens is 1. The van der Waals surface area contributed by atoms with Crippen molar-refractivity contribution in [1.29, 1.82) is 0 Å². The summed E-state index contributed by atoms with van der Waals surface area (Å²) in [4.78, 5) is 7.66. The normalized spacial score (nSPS) is 13.3. The number of anilines is 1. The van der Waals surface area contributed by atoms with E-state index in [1.54, 1.807) is 7.11 Å². The predicted octanol–water partition coefficient (Wildman–Crippen LogP) is 6.06. The van der Waals surface area contributed by atoms with Crippen LogP contribution in [0.3, 0.4) is 0 Å². The molecular weight excluding hydrogens is 368 g/mol. The van der Waals surface area contributed by atoms with Crippen molar-refractivity contribution in [2.45, 2.75) is 53.5 Å². The molecule has 3 aromatic rings. The molecule has 4 rings (SSSR count). The van der Waals surface area contributed by atoms with E-state index in [-0.39, 0.29) is 0 Å². The average Bonchev–Trinajstić information content (AvgIpc) is 2.78. The number of fused-ring (bicyclic) bond motifs is 1. The Bertz CT molecular complexity index is 1050. The number of benzene rings is 2. The maximum atomic E-state index is 5.46. The summed E-state index contributed by atoms with van der Waals surface area (Å²) < 4.78 is 5.46. The van der Waals surface area contributed by atoms with E-state index in [0.717, 1.165) is 43.8 Å². The molecule has 2 aromatic carbocycles. The number of nitrogens with zero attached hydrogens (tertiary/aromatic N) is 2. The summed E-state index contributed by atoms with van der Waals surface area (Å²) in [6.45, 7) is 10.8. The van der Waals surface area contributed by atoms with Crippen molar-refractivity contribution in [3.8, 4) is 17.0 Å². The standard InChI is InChI=1S/C27H32N2O/c1-6-20-9-8-10-21(7-2)27(20)25-15-19(4)23-17-29(14-13-24(23)28-25)26-16-22(30-5)12-11-18(26)3/h8-12,15-16H,6-7,13-14,17H2,1-5H3. The third kappa shape index (κ3) is 3.69. The van der Waals surface area contributed by atoms with E-state index < -0.39 is 0 Å². The molecule has 3 nitrogen and oxygen atoms in total. The van der Waals surface area contributed by atoms with Crippen LogP contribution in [0.2, 0.25) is 0 Å². The Balaban J connectivity index is 1.73. The van der Waals surface area contributed by atoms with E-state index in [0.29, 0.717) is 0 Å². The van der Waals surface area contributed by atoms with Crippen molar-refractivity contribution in [3.05, 3.63) is 76.0 Å². The first-order chi connectivity index (χ1) is 14.5. The molecule has 0 unspecified atom stereocenters. The first-order valence-corrected chi connectivity index (χ1v) is 11.1. The monoisotopic (exact) mass is 400 g/mol. The topological polar surface area (TPSA) is 25.4 Å². The second-order valence-corrected chi connectivity index (χ2v) is 8.23. The second kappa shape index (κ2) is 8.51. The lowest BCUT2D eigenvalue weighted by molar-refractivity contribution is 0.414. The highest BCUT2D eigenvalue weighted by atomic mass is 16.5. The highest BCUT2D eigenvalue weighted by Gasteiger charge is 2.23. The Hall–Kier alpha value is -2.81. The van der Waals surface area contributed by atoms with Gasteiger partial charge in [0, 0.05) is 42.5 Å². The van der Waals surface area contributed by atoms with Crippen LogP contribution in [0.15, 0.2) is 42.5 Å². The first kappa shape index (κ1) is 20.5. The molecule has 0 atom stereocenters. The van der Waals surface area contributed by atoms with Crippen LogP contribution in [-0.4, -0.2) is 18.6 Å². The molecule has 0 radical (unpaired) electrons. The van der Waals surface area contributed by atoms with Gasteiger partial charge in [-0.25, -0.2) is 0 Å². The fourth-order valence-electron chi connectivity index (χ4n) is 4.66. The minimum atomic E-state index is 0.901. The second-order valence-electron chi connectivity index (χ2n) is 8.23. The van der Waals surface area contributed by atoms with Gasteiger partial charge in [0.1, 0.15) is 5.75 Å². The van der Waals surface area contributed by atoms with Gasteiger partial charge < -0.3 is 9.64 Å². The van der Waals surface area contributed by atoms with Crippen LogP contribution in [0.4, 0.5) is 5.69 Å². The highest BCUT2D eigenvalue weighted by molar-refractivity contribution is 5.70. The zero-order valence-corrected chi connectivity index (χ0v) is 18.9. The quantitative estimate of drug-likeness (QED) is 0.520. The third-order valence-corrected chi connectivity index (χ3v) is 6.41. The molecule has 3 heteroatoms. The van der Waals surface area contributed by atoms with E-state index in [2.05, 4.69) is 69.0 Å². The molecule has 0 spiro atoms. The molecule has 0 bridgehead atoms. The van der Waals surface area contributed by atoms with Gasteiger partial charge in [-0.3, -0.25) is 4.98 Å². The lowest BCUT2D eigenvalue weighted by Gasteiger charge is -2.33. The fraction of sp³-hybridized carbons (Fsp3) is 0.370. The van der Waals surface area contributed by atoms with Gasteiger partial charge in [0.25, 0.3) is 0 Å². The number of hydrogen-bond donors (Lipinski definition) is 0. The summed E-state index contributed by atoms with van der Waals surface area (Å²) >= 11 is 0. The van der Waals surface area contributed by atoms with Gasteiger partial charge in [0.2, 0.25) is 0 Å². The van der Waals surface area contributed by atoms with Gasteiger partial charge >= 0.3 is 0 Å². The lowest BCUT2D eigenvalue weighted by Crippen LogP contribution is -2.32. The van der Waals surface area contributed by atoms with Crippen LogP contribution in [-0.2, 0) is 25.8 Å². The van der Waals surface area contributed by atoms with E-state index in [9.17, 15) is 0 Å². The number of ether oxygens (including phenoxy) is 1. The molecule has 0 saturated carbocycles. The Morgan fingerprint density at radius 3 is 2.37 bits per heavy atom. The number of methoxy groups -OCH3 is 1. The summed E-state index contributed by atoms with van der Waals surface area (Å²) in [7, 11) is 1.73. The highest BCUT2D eigenvalue weighted by Crippen LogP contribution is 2.34. The molecular formula is C27H32N2O. The summed E-state index contributed by atoms with van der Waals surface area (Å²) in [5.74, 6) is 0.912. The number of hydrogen-bond acceptors (Lipinski definition) is 3. The Morgan fingerprint density at radius 2 is 1.70 bits per heavy atom. The molecule has 1 aliphatic heterocycles. The summed E-state index contributed by atoms with van der Waals surface area (Å²) in [6, 6.07) is 15.3. The summed E-state index contributed by atoms with van der Waals surface area (Å²) in [5, 5.41) is 0. The summed E-state index contributed by atoms with van der Waals surface area (Å²) in [5.41, 5.74) is 11.8. The summed E-state index contributed by atoms with van der Waals surface area (Å²) in [6.07, 6.45) is 3.03. The molecule has 0 fully saturated rings. The fourth-order valence-corrected chi connectivity index (χ4v) is 4.66. The lowest BCUT2D eigenvalue weighted by atomic mass is 9.92. The van der Waals surface area contributed by atoms with Crippen LogP contribution in [0, 0.1) is 13.8 Å². The molecule has 0 N–H and O–H groups in total. The zero-order valence-electron chi connectivity index (χ0n) is 18.9. The minimum absolute atomic E-state index is 0.901. The van der Waals surface area contributed by atoms with Crippen molar-refractivity contribution in [2.75, 3.05) is 18.6 Å². The molecule has 0 amide bonds. The molecule has 0 aliphatic carbocycles. The van der Waals surface area contributed by atoms with E-state index in [4.69, 9.17) is 9.72 Å². The molecule has 2 heterocycles. The van der Waals surface area contributed by atoms with Crippen LogP contribution in [0.25, 0.3) is 11.3 Å². The van der Waals surface area contributed by atoms with Crippen LogP contribution in [0.1, 0.15) is 47.4 Å². The van der Waals surface area contributed by atoms with Crippen molar-refractivity contribution in [2.24, 2.45) is 0 Å². The van der Waals surface area contributed by atoms with Gasteiger partial charge in [-0.15, -0.1) is 0 Å². The largest absolute Gasteiger partial charge is 0.497 e. The van der Waals surface area contributed by atoms with Gasteiger partial charge in [-0.2, -0.15) is 0 Å². The predicted molar refractivity (Wildman–Crippen MR) is 126 cm³/mol. The Morgan fingerprint density at radius 1 is 0.967 bits per heavy atom. The molecule has 30 heavy (non-hydrogen) atoms. The maximum Gasteiger partial charge on any atom is 0.120 e. The van der Waals surface area contributed by atoms with Gasteiger partial charge in [0.15, 0.2) is 0 Å². The smallest absolute Gasteiger partial charge is 0.120 e. The Labute approximate surface area is 180 Å². The average molecular weight is 401 g/mol. The number of pyridine rings is 1. The van der Waals surface area contributed by atoms with Gasteiger partial charge in [-0.05, 0) is 66.6 Å². The molecule has 1 aromatic heterocycles. The van der Waals surface area contributed by atoms with E-state index in [1.807, 2.05) is 6.07 Å². The van der Waals surface area contributed by atoms with Crippen molar-refractivity contribution >= 4 is 5.69 Å². The van der Waals surface area contributed by atoms with E-state index >= 15 is 0 Å². The van der Waals surface area contributed by atoms with E-state index in [1.165, 1.54) is 44.8 Å². The van der Waals surface area contributed by atoms with Crippen LogP contribution in [0.5, 0.6) is 5.75 Å². The third-order valence-electron chi connectivity index (χ3n) is 6.41. The number of aryl methyl sites for hydroxylation is 4. The van der Waals surface area contributed by atoms with Crippen molar-refractivity contribution in [3.63, 3.8) is 0 Å². The van der Waals surface area contributed by atoms with Crippen LogP contribution >= 0.6 is 0 Å². The van der Waals surface area contributed by atoms with Crippen molar-refractivity contribution in [1.82, 2.24) is 4.98 Å². The maximum absolute atomic E-state index is 5.46. The van der Waals surface area contributed by atoms with Crippen molar-refractivity contribution < 1.29 is 4.74 Å². The van der Waals surface area contributed by atoms with Crippen LogP contribution < -0.4 is 9.64 Å².